The van der Waals surface area contributed by atoms with Gasteiger partial charge in [-0.05, 0) is 126 Å². The summed E-state index contributed by atoms with van der Waals surface area (Å²) in [4.78, 5) is 250. The van der Waals surface area contributed by atoms with Gasteiger partial charge in [0, 0.05) is 80.8 Å². The van der Waals surface area contributed by atoms with E-state index in [1.807, 2.05) is 0 Å². The van der Waals surface area contributed by atoms with E-state index in [-0.39, 0.29) is 69.3 Å². The van der Waals surface area contributed by atoms with Crippen LogP contribution in [0, 0.1) is 43.4 Å². The molecule has 3 aliphatic heterocycles. The van der Waals surface area contributed by atoms with Crippen LogP contribution in [0.3, 0.4) is 0 Å². The molecule has 0 aliphatic carbocycles. The fourth-order valence-electron chi connectivity index (χ4n) is 16.8. The summed E-state index contributed by atoms with van der Waals surface area (Å²) < 4.78 is 34.6. The third kappa shape index (κ3) is 32.9. The number of amides is 15. The van der Waals surface area contributed by atoms with E-state index in [4.69, 9.17) is 5.11 Å². The number of rotatable bonds is 55. The number of carboxylic acids is 1. The molecular formula is C97H136BF2N17O24. The third-order valence-electron chi connectivity index (χ3n) is 25.5. The Kier molecular flexibility index (Phi) is 43.8. The summed E-state index contributed by atoms with van der Waals surface area (Å²) in [5.74, 6) is -21.2. The quantitative estimate of drug-likeness (QED) is 0.0231. The molecule has 3 aliphatic rings. The topological polar surface area (TPSA) is 608 Å². The van der Waals surface area contributed by atoms with Crippen LogP contribution in [-0.4, -0.2) is 293 Å². The Morgan fingerprint density at radius 1 is 0.440 bits per heavy atom. The molecule has 1 unspecified atom stereocenters. The normalized spacial score (nSPS) is 17.8. The zero-order valence-corrected chi connectivity index (χ0v) is 81.8. The molecule has 0 saturated carbocycles. The molecule has 4 heterocycles. The highest BCUT2D eigenvalue weighted by Gasteiger charge is 2.53. The van der Waals surface area contributed by atoms with Crippen LogP contribution in [-0.2, 0) is 106 Å². The Balaban J connectivity index is 0.971. The predicted molar refractivity (Wildman–Crippen MR) is 512 cm³/mol. The SMILES string of the molecule is CC[C@H](C)[C@H](CC(=O)[C@@H](NC(=O)[C@H](Cc1ccccc1)NC(=O)CCC1=[N+]2C(=Cc3c(C)cc(C)n3[B-]2(F)F)C=C1)[C@@H](C)O)C(=O)C[C@@H](Cc1ccccc1)C(=O)N1CCC[C@H]1C(=O)NCC(=O)N[C@@H](Cc1ccccc1)C(=O)N[C@H](C(=O)N[C@H](C(=O)N[C@H](C(=O)N[C@H](C(=O)NCC(=O)NC(C(=O)NCC(=O)N[C@H](C(=O)NCC(=O)N[C@@H](C)C(=O)O)[C@@H](C)O)[C@@H](C)O)[C@@H](C)O)[C@@H](C)O)[C@@H](C)CC)[C@@H](C)CC. The van der Waals surface area contributed by atoms with Crippen LogP contribution in [0.5, 0.6) is 0 Å². The van der Waals surface area contributed by atoms with Crippen molar-refractivity contribution in [2.75, 3.05) is 32.7 Å². The molecule has 7 rings (SSSR count). The maximum absolute atomic E-state index is 16.4. The molecule has 1 fully saturated rings. The van der Waals surface area contributed by atoms with Crippen LogP contribution in [0.25, 0.3) is 6.08 Å². The lowest BCUT2D eigenvalue weighted by atomic mass is 9.79. The Labute approximate surface area is 816 Å². The largest absolute Gasteiger partial charge is 0.737 e. The predicted octanol–water partition coefficient (Wildman–Crippen LogP) is -1.18. The number of hydrogen-bond donors (Lipinski definition) is 20. The second-order valence-electron chi connectivity index (χ2n) is 36.6. The van der Waals surface area contributed by atoms with E-state index in [0.717, 1.165) is 43.6 Å². The Morgan fingerprint density at radius 3 is 1.28 bits per heavy atom. The first kappa shape index (κ1) is 115. The van der Waals surface area contributed by atoms with Crippen molar-refractivity contribution in [2.24, 2.45) is 29.6 Å². The van der Waals surface area contributed by atoms with E-state index in [9.17, 15) is 102 Å². The van der Waals surface area contributed by atoms with Crippen molar-refractivity contribution < 1.29 is 130 Å². The number of fused-ring (bicyclic) bond motifs is 2. The first-order valence-electron chi connectivity index (χ1n) is 47.5. The maximum atomic E-state index is 16.4. The van der Waals surface area contributed by atoms with Gasteiger partial charge in [-0.25, -0.2) is 0 Å². The fraction of sp³-hybridized carbons (Fsp3) is 0.536. The number of nitrogens with zero attached hydrogens (tertiary/aromatic N) is 3. The molecule has 1 aromatic heterocycles. The molecule has 44 heteroatoms. The molecule has 15 amide bonds. The highest BCUT2D eigenvalue weighted by Crippen LogP contribution is 2.36. The molecule has 4 aromatic rings. The van der Waals surface area contributed by atoms with E-state index >= 15 is 18.2 Å². The summed E-state index contributed by atoms with van der Waals surface area (Å²) in [6.45, 7) is 12.6. The number of aliphatic carboxylic acids is 1. The van der Waals surface area contributed by atoms with Crippen molar-refractivity contribution in [1.82, 2.24) is 83.8 Å². The van der Waals surface area contributed by atoms with Gasteiger partial charge in [-0.15, -0.1) is 0 Å². The number of nitrogens with one attached hydrogen (secondary N) is 14. The molecule has 0 bridgehead atoms. The van der Waals surface area contributed by atoms with E-state index in [1.165, 1.54) is 17.9 Å². The van der Waals surface area contributed by atoms with Crippen molar-refractivity contribution in [3.05, 3.63) is 149 Å². The number of aryl methyl sites for hydroxylation is 2. The molecule has 21 atom stereocenters. The van der Waals surface area contributed by atoms with Crippen molar-refractivity contribution in [1.29, 1.82) is 0 Å². The number of ketones is 2. The summed E-state index contributed by atoms with van der Waals surface area (Å²) >= 11 is 0. The highest BCUT2D eigenvalue weighted by atomic mass is 19.2. The minimum absolute atomic E-state index is 0.00427. The number of carbonyl (C=O) groups is 18. The number of likely N-dealkylation sites (tertiary alicyclic amines) is 1. The number of aliphatic hydroxyl groups is 5. The summed E-state index contributed by atoms with van der Waals surface area (Å²) in [6, 6.07) is 10.3. The number of aliphatic hydroxyl groups excluding tert-OH is 5. The summed E-state index contributed by atoms with van der Waals surface area (Å²) in [6.07, 6.45) is -3.88. The van der Waals surface area contributed by atoms with E-state index < -0.39 is 279 Å². The molecule has 1 saturated heterocycles. The molecule has 20 N–H and O–H groups in total. The first-order valence-corrected chi connectivity index (χ1v) is 47.5. The Morgan fingerprint density at radius 2 is 0.830 bits per heavy atom. The van der Waals surface area contributed by atoms with Gasteiger partial charge in [0.2, 0.25) is 88.6 Å². The lowest BCUT2D eigenvalue weighted by molar-refractivity contribution is -0.362. The molecule has 0 spiro atoms. The molecule has 41 nitrogen and oxygen atoms in total. The lowest BCUT2D eigenvalue weighted by Crippen LogP contribution is -2.63. The average Bonchev–Trinajstić information content (AvgIpc) is 1.57. The number of halogens is 2. The molecule has 3 aromatic carbocycles. The number of carbonyl (C=O) groups excluding carboxylic acids is 17. The van der Waals surface area contributed by atoms with Crippen LogP contribution < -0.4 is 74.4 Å². The Bertz CT molecular complexity index is 5230. The van der Waals surface area contributed by atoms with Crippen molar-refractivity contribution in [2.45, 2.75) is 271 Å². The Hall–Kier alpha value is -13.3. The van der Waals surface area contributed by atoms with Crippen LogP contribution in [0.15, 0.2) is 115 Å². The maximum Gasteiger partial charge on any atom is 0.737 e. The van der Waals surface area contributed by atoms with Gasteiger partial charge in [-0.1, -0.05) is 152 Å². The number of benzene rings is 3. The van der Waals surface area contributed by atoms with Crippen LogP contribution in [0.4, 0.5) is 8.63 Å². The van der Waals surface area contributed by atoms with Crippen molar-refractivity contribution >= 4 is 125 Å². The number of hydrogen-bond acceptors (Lipinski definition) is 23. The van der Waals surface area contributed by atoms with Gasteiger partial charge in [0.1, 0.15) is 78.0 Å². The lowest BCUT2D eigenvalue weighted by Gasteiger charge is -2.31. The van der Waals surface area contributed by atoms with E-state index in [1.54, 1.807) is 165 Å². The van der Waals surface area contributed by atoms with Gasteiger partial charge in [0.25, 0.3) is 0 Å². The standard InChI is InChI=1S/C97H136BF2N17O24/c1-15-51(4)68(46-74(124)82(57(10)118)112-88(131)69(42-63-30-23-19-24-31-63)106-75(125)38-37-66-35-36-67-45-72-54(7)40-55(8)116(72)98(99,100)117(66)67)73(123)44-65(41-62-28-21-18-22-29-62)96(139)115-39-27-34-71(115)89(132)101-48-77(127)107-70(43-64-32-25-20-26-33-64)87(130)110-80(52(5)16-2)93(136)111-81(53(6)17-3)94(137)114-86(61(14)122)95(138)113-85(60(13)121)92(135)104-50-79(129)109-84(59(12)120)91(134)103-49-78(128)108-83(58(11)119)90(133)102-47-76(126)105-56(9)97(140)141/h18-26,28-33,35-36,40,45,51-53,56-61,65,68-71,80-86,118-122H,15-17,27,34,37-39,41-44,46-50H2,1-14H3,(H,101,132)(H,102,133)(H,103,134)(H,104,135)(H,105,126)(H,106,125)(H,107,127)(H,108,128)(H,109,129)(H,110,130)(H,111,136)(H,112,131)(H,113,138)(H,114,137)(H,140,141)/t51-,52-,53-,56-,57+,58+,59+,60+,61+,65+,68-,69-,70-,71-,80-,81-,82-,83-,84?,85-,86-/m0/s1. The zero-order valence-electron chi connectivity index (χ0n) is 81.8. The minimum Gasteiger partial charge on any atom is -0.480 e. The number of carboxylic acid groups (broad SMARTS) is 1. The number of aromatic nitrogens is 1. The van der Waals surface area contributed by atoms with Gasteiger partial charge in [0.05, 0.1) is 56.7 Å². The van der Waals surface area contributed by atoms with Gasteiger partial charge in [-0.3, -0.25) is 86.3 Å². The first-order chi connectivity index (χ1) is 66.5. The molecule has 141 heavy (non-hydrogen) atoms. The van der Waals surface area contributed by atoms with Crippen LogP contribution in [0.2, 0.25) is 0 Å². The van der Waals surface area contributed by atoms with E-state index in [0.29, 0.717) is 46.5 Å². The third-order valence-corrected chi connectivity index (χ3v) is 25.5. The molecule has 0 radical (unpaired) electrons. The number of Topliss-reactive ketones (excluding diaryl/α,β-unsaturated/α-hetero) is 2. The van der Waals surface area contributed by atoms with Gasteiger partial charge in [0.15, 0.2) is 11.5 Å². The number of allylic oxidation sites excluding steroid dienone is 2. The zero-order chi connectivity index (χ0) is 105. The second kappa shape index (κ2) is 53.9. The monoisotopic (exact) mass is 1970 g/mol. The van der Waals surface area contributed by atoms with Gasteiger partial charge in [-0.2, -0.15) is 0 Å². The van der Waals surface area contributed by atoms with Gasteiger partial charge >= 0.3 is 12.9 Å². The van der Waals surface area contributed by atoms with Crippen LogP contribution >= 0.6 is 0 Å². The summed E-state index contributed by atoms with van der Waals surface area (Å²) in [7, 11) is 0. The van der Waals surface area contributed by atoms with Crippen LogP contribution in [0.1, 0.15) is 175 Å². The van der Waals surface area contributed by atoms with Gasteiger partial charge < -0.3 is 128 Å². The average molecular weight is 1970 g/mol. The second-order valence-corrected chi connectivity index (χ2v) is 36.6. The van der Waals surface area contributed by atoms with E-state index in [2.05, 4.69) is 74.4 Å². The van der Waals surface area contributed by atoms with Crippen molar-refractivity contribution in [3.8, 4) is 0 Å². The molecular weight excluding hydrogens is 1840 g/mol. The highest BCUT2D eigenvalue weighted by molar-refractivity contribution is 6.58. The summed E-state index contributed by atoms with van der Waals surface area (Å²) in [5.41, 5.74) is 3.70. The smallest absolute Gasteiger partial charge is 0.480 e. The van der Waals surface area contributed by atoms with Crippen molar-refractivity contribution in [3.63, 3.8) is 0 Å². The molecule has 770 valence electrons. The summed E-state index contributed by atoms with van der Waals surface area (Å²) in [5, 5.41) is 96.2. The minimum atomic E-state index is -4.34. The fourth-order valence-corrected chi connectivity index (χ4v) is 16.8.